The van der Waals surface area contributed by atoms with E-state index >= 15 is 0 Å². The van der Waals surface area contributed by atoms with Crippen LogP contribution in [0.4, 0.5) is 0 Å². The van der Waals surface area contributed by atoms with E-state index in [0.29, 0.717) is 12.5 Å². The fraction of sp³-hybridized carbons (Fsp3) is 1.00. The van der Waals surface area contributed by atoms with Crippen LogP contribution >= 0.6 is 0 Å². The molecule has 70 valence electrons. The summed E-state index contributed by atoms with van der Waals surface area (Å²) < 4.78 is 0. The van der Waals surface area contributed by atoms with E-state index in [1.54, 1.807) is 0 Å². The minimum atomic E-state index is -0.403. The molecule has 0 saturated heterocycles. The Hall–Kier alpha value is -0.0800. The molecular formula is C10H19NO. The van der Waals surface area contributed by atoms with Crippen molar-refractivity contribution in [2.45, 2.75) is 44.6 Å². The van der Waals surface area contributed by atoms with Crippen molar-refractivity contribution in [2.75, 3.05) is 6.54 Å². The summed E-state index contributed by atoms with van der Waals surface area (Å²) in [6.45, 7) is 2.83. The van der Waals surface area contributed by atoms with Crippen molar-refractivity contribution in [1.29, 1.82) is 0 Å². The van der Waals surface area contributed by atoms with Crippen LogP contribution in [-0.4, -0.2) is 17.3 Å². The van der Waals surface area contributed by atoms with Crippen molar-refractivity contribution in [3.8, 4) is 0 Å². The average Bonchev–Trinajstić information content (AvgIpc) is 2.00. The quantitative estimate of drug-likeness (QED) is 0.654. The minimum absolute atomic E-state index is 0.102. The third-order valence-electron chi connectivity index (χ3n) is 4.39. The summed E-state index contributed by atoms with van der Waals surface area (Å²) in [4.78, 5) is 0. The Morgan fingerprint density at radius 2 is 2.08 bits per heavy atom. The molecule has 0 heterocycles. The predicted molar refractivity (Wildman–Crippen MR) is 48.7 cm³/mol. The van der Waals surface area contributed by atoms with Crippen LogP contribution in [0.3, 0.4) is 0 Å². The molecule has 2 fully saturated rings. The molecule has 3 N–H and O–H groups in total. The van der Waals surface area contributed by atoms with Gasteiger partial charge in [0.15, 0.2) is 0 Å². The van der Waals surface area contributed by atoms with E-state index in [2.05, 4.69) is 6.92 Å². The maximum absolute atomic E-state index is 10.4. The Labute approximate surface area is 74.1 Å². The van der Waals surface area contributed by atoms with Crippen molar-refractivity contribution < 1.29 is 5.11 Å². The lowest BCUT2D eigenvalue weighted by Crippen LogP contribution is -2.64. The lowest BCUT2D eigenvalue weighted by molar-refractivity contribution is -0.205. The summed E-state index contributed by atoms with van der Waals surface area (Å²) in [5, 5.41) is 10.4. The van der Waals surface area contributed by atoms with E-state index in [0.717, 1.165) is 19.3 Å². The van der Waals surface area contributed by atoms with Crippen LogP contribution in [0.1, 0.15) is 39.0 Å². The molecule has 0 aromatic rings. The van der Waals surface area contributed by atoms with E-state index in [4.69, 9.17) is 5.73 Å². The topological polar surface area (TPSA) is 46.2 Å². The zero-order valence-electron chi connectivity index (χ0n) is 7.84. The monoisotopic (exact) mass is 169 g/mol. The zero-order chi connectivity index (χ0) is 8.82. The van der Waals surface area contributed by atoms with Crippen molar-refractivity contribution in [3.05, 3.63) is 0 Å². The van der Waals surface area contributed by atoms with Gasteiger partial charge in [-0.3, -0.25) is 0 Å². The molecule has 0 aliphatic heterocycles. The van der Waals surface area contributed by atoms with Gasteiger partial charge in [0.05, 0.1) is 5.60 Å². The highest BCUT2D eigenvalue weighted by molar-refractivity contribution is 5.11. The molecule has 2 aliphatic carbocycles. The SMILES string of the molecule is CC1CCC1(O)C1(CN)CCC1. The first kappa shape index (κ1) is 8.52. The molecule has 12 heavy (non-hydrogen) atoms. The van der Waals surface area contributed by atoms with Crippen LogP contribution in [0.25, 0.3) is 0 Å². The standard InChI is InChI=1S/C10H19NO/c1-8-3-6-10(8,12)9(7-11)4-2-5-9/h8,12H,2-7,11H2,1H3. The van der Waals surface area contributed by atoms with Gasteiger partial charge in [-0.15, -0.1) is 0 Å². The Balaban J connectivity index is 2.15. The Kier molecular flexibility index (Phi) is 1.74. The molecule has 0 amide bonds. The molecule has 0 spiro atoms. The molecule has 2 atom stereocenters. The van der Waals surface area contributed by atoms with Gasteiger partial charge in [0.1, 0.15) is 0 Å². The van der Waals surface area contributed by atoms with Crippen molar-refractivity contribution in [3.63, 3.8) is 0 Å². The summed E-state index contributed by atoms with van der Waals surface area (Å²) in [6, 6.07) is 0. The van der Waals surface area contributed by atoms with E-state index in [1.807, 2.05) is 0 Å². The molecule has 2 aliphatic rings. The van der Waals surface area contributed by atoms with E-state index < -0.39 is 5.60 Å². The Morgan fingerprint density at radius 3 is 2.17 bits per heavy atom. The molecule has 0 radical (unpaired) electrons. The first-order valence-electron chi connectivity index (χ1n) is 5.07. The maximum atomic E-state index is 10.4. The predicted octanol–water partition coefficient (Wildman–Crippen LogP) is 1.28. The highest BCUT2D eigenvalue weighted by Crippen LogP contribution is 2.58. The zero-order valence-corrected chi connectivity index (χ0v) is 7.84. The minimum Gasteiger partial charge on any atom is -0.389 e. The second-order valence-electron chi connectivity index (χ2n) is 4.70. The van der Waals surface area contributed by atoms with Gasteiger partial charge < -0.3 is 10.8 Å². The number of aliphatic hydroxyl groups is 1. The summed E-state index contributed by atoms with van der Waals surface area (Å²) >= 11 is 0. The van der Waals surface area contributed by atoms with Gasteiger partial charge in [-0.1, -0.05) is 13.3 Å². The molecule has 2 unspecified atom stereocenters. The van der Waals surface area contributed by atoms with Crippen molar-refractivity contribution >= 4 is 0 Å². The molecular weight excluding hydrogens is 150 g/mol. The van der Waals surface area contributed by atoms with Gasteiger partial charge in [0.2, 0.25) is 0 Å². The van der Waals surface area contributed by atoms with Crippen LogP contribution in [0.2, 0.25) is 0 Å². The smallest absolute Gasteiger partial charge is 0.0741 e. The number of hydrogen-bond acceptors (Lipinski definition) is 2. The molecule has 2 nitrogen and oxygen atoms in total. The molecule has 0 bridgehead atoms. The second kappa shape index (κ2) is 2.46. The summed E-state index contributed by atoms with van der Waals surface area (Å²) in [6.07, 6.45) is 5.70. The average molecular weight is 169 g/mol. The van der Waals surface area contributed by atoms with Crippen LogP contribution in [0, 0.1) is 11.3 Å². The lowest BCUT2D eigenvalue weighted by Gasteiger charge is -2.60. The van der Waals surface area contributed by atoms with Crippen molar-refractivity contribution in [1.82, 2.24) is 0 Å². The first-order valence-corrected chi connectivity index (χ1v) is 5.07. The second-order valence-corrected chi connectivity index (χ2v) is 4.70. The van der Waals surface area contributed by atoms with Gasteiger partial charge in [-0.05, 0) is 31.6 Å². The molecule has 0 aromatic carbocycles. The van der Waals surface area contributed by atoms with E-state index in [9.17, 15) is 5.11 Å². The number of hydrogen-bond donors (Lipinski definition) is 2. The Morgan fingerprint density at radius 1 is 1.42 bits per heavy atom. The van der Waals surface area contributed by atoms with E-state index in [1.165, 1.54) is 12.8 Å². The number of rotatable bonds is 2. The van der Waals surface area contributed by atoms with Crippen LogP contribution in [-0.2, 0) is 0 Å². The summed E-state index contributed by atoms with van der Waals surface area (Å²) in [5.74, 6) is 0.473. The molecule has 2 rings (SSSR count). The fourth-order valence-corrected chi connectivity index (χ4v) is 2.91. The normalized spacial score (nSPS) is 44.8. The Bertz CT molecular complexity index is 180. The first-order chi connectivity index (χ1) is 5.65. The highest BCUT2D eigenvalue weighted by atomic mass is 16.3. The molecule has 0 aromatic heterocycles. The lowest BCUT2D eigenvalue weighted by atomic mass is 9.48. The van der Waals surface area contributed by atoms with Crippen LogP contribution in [0.15, 0.2) is 0 Å². The van der Waals surface area contributed by atoms with Crippen molar-refractivity contribution in [2.24, 2.45) is 17.1 Å². The number of nitrogens with two attached hydrogens (primary N) is 1. The summed E-state index contributed by atoms with van der Waals surface area (Å²) in [5.41, 5.74) is 5.47. The van der Waals surface area contributed by atoms with Gasteiger partial charge in [0.25, 0.3) is 0 Å². The van der Waals surface area contributed by atoms with Gasteiger partial charge in [-0.25, -0.2) is 0 Å². The van der Waals surface area contributed by atoms with Crippen LogP contribution in [0.5, 0.6) is 0 Å². The van der Waals surface area contributed by atoms with Gasteiger partial charge in [0, 0.05) is 12.0 Å². The highest BCUT2D eigenvalue weighted by Gasteiger charge is 2.59. The fourth-order valence-electron chi connectivity index (χ4n) is 2.91. The third kappa shape index (κ3) is 0.775. The van der Waals surface area contributed by atoms with Gasteiger partial charge in [-0.2, -0.15) is 0 Å². The molecule has 2 heteroatoms. The maximum Gasteiger partial charge on any atom is 0.0741 e. The third-order valence-corrected chi connectivity index (χ3v) is 4.39. The summed E-state index contributed by atoms with van der Waals surface area (Å²) in [7, 11) is 0. The van der Waals surface area contributed by atoms with Gasteiger partial charge >= 0.3 is 0 Å². The van der Waals surface area contributed by atoms with E-state index in [-0.39, 0.29) is 5.41 Å². The largest absolute Gasteiger partial charge is 0.389 e. The molecule has 2 saturated carbocycles. The van der Waals surface area contributed by atoms with Crippen LogP contribution < -0.4 is 5.73 Å².